The molecule has 1 aromatic carbocycles. The van der Waals surface area contributed by atoms with Crippen LogP contribution in [0.25, 0.3) is 0 Å². The lowest BCUT2D eigenvalue weighted by molar-refractivity contribution is -0.137. The third-order valence-corrected chi connectivity index (χ3v) is 3.13. The first kappa shape index (κ1) is 16.2. The zero-order valence-electron chi connectivity index (χ0n) is 12.1. The number of nitrogens with one attached hydrogen (secondary N) is 1. The number of carboxylic acids is 1. The van der Waals surface area contributed by atoms with Crippen LogP contribution in [-0.2, 0) is 9.59 Å². The SMILES string of the molecule is CC(C)CCC(=O)NC(CCC(=O)O)c1ccccc1. The van der Waals surface area contributed by atoms with Crippen LogP contribution >= 0.6 is 0 Å². The summed E-state index contributed by atoms with van der Waals surface area (Å²) in [6, 6.07) is 9.28. The smallest absolute Gasteiger partial charge is 0.303 e. The molecule has 2 N–H and O–H groups in total. The largest absolute Gasteiger partial charge is 0.481 e. The van der Waals surface area contributed by atoms with Gasteiger partial charge in [0.15, 0.2) is 0 Å². The number of hydrogen-bond donors (Lipinski definition) is 2. The van der Waals surface area contributed by atoms with Gasteiger partial charge in [0.05, 0.1) is 6.04 Å². The number of amides is 1. The van der Waals surface area contributed by atoms with E-state index in [-0.39, 0.29) is 18.4 Å². The minimum Gasteiger partial charge on any atom is -0.481 e. The second-order valence-electron chi connectivity index (χ2n) is 5.40. The molecular formula is C16H23NO3. The molecule has 0 aliphatic rings. The molecule has 1 rings (SSSR count). The second-order valence-corrected chi connectivity index (χ2v) is 5.40. The fourth-order valence-corrected chi connectivity index (χ4v) is 1.96. The summed E-state index contributed by atoms with van der Waals surface area (Å²) in [5, 5.41) is 11.7. The molecular weight excluding hydrogens is 254 g/mol. The van der Waals surface area contributed by atoms with Gasteiger partial charge >= 0.3 is 5.97 Å². The molecule has 0 saturated carbocycles. The topological polar surface area (TPSA) is 66.4 Å². The molecule has 110 valence electrons. The van der Waals surface area contributed by atoms with Gasteiger partial charge in [-0.2, -0.15) is 0 Å². The maximum absolute atomic E-state index is 11.9. The number of hydrogen-bond acceptors (Lipinski definition) is 2. The molecule has 0 spiro atoms. The Morgan fingerprint density at radius 3 is 2.30 bits per heavy atom. The number of benzene rings is 1. The third-order valence-electron chi connectivity index (χ3n) is 3.13. The summed E-state index contributed by atoms with van der Waals surface area (Å²) in [5.74, 6) is -0.379. The summed E-state index contributed by atoms with van der Waals surface area (Å²) >= 11 is 0. The Hall–Kier alpha value is -1.84. The van der Waals surface area contributed by atoms with E-state index in [0.717, 1.165) is 12.0 Å². The average molecular weight is 277 g/mol. The Bertz CT molecular complexity index is 429. The van der Waals surface area contributed by atoms with Gasteiger partial charge in [0, 0.05) is 12.8 Å². The van der Waals surface area contributed by atoms with Crippen molar-refractivity contribution >= 4 is 11.9 Å². The highest BCUT2D eigenvalue weighted by molar-refractivity contribution is 5.76. The molecule has 0 heterocycles. The minimum absolute atomic E-state index is 0.0158. The van der Waals surface area contributed by atoms with Crippen LogP contribution in [-0.4, -0.2) is 17.0 Å². The summed E-state index contributed by atoms with van der Waals surface area (Å²) in [6.07, 6.45) is 1.77. The fraction of sp³-hybridized carbons (Fsp3) is 0.500. The van der Waals surface area contributed by atoms with E-state index in [0.29, 0.717) is 18.8 Å². The van der Waals surface area contributed by atoms with Crippen molar-refractivity contribution in [2.45, 2.75) is 45.6 Å². The molecule has 20 heavy (non-hydrogen) atoms. The number of carbonyl (C=O) groups is 2. The van der Waals surface area contributed by atoms with Crippen LogP contribution in [0, 0.1) is 5.92 Å². The maximum Gasteiger partial charge on any atom is 0.303 e. The summed E-state index contributed by atoms with van der Waals surface area (Å²) in [4.78, 5) is 22.6. The van der Waals surface area contributed by atoms with Gasteiger partial charge in [-0.15, -0.1) is 0 Å². The molecule has 0 aromatic heterocycles. The number of carboxylic acid groups (broad SMARTS) is 1. The zero-order chi connectivity index (χ0) is 15.0. The van der Waals surface area contributed by atoms with Crippen molar-refractivity contribution in [3.05, 3.63) is 35.9 Å². The molecule has 0 radical (unpaired) electrons. The normalized spacial score (nSPS) is 12.2. The van der Waals surface area contributed by atoms with E-state index in [4.69, 9.17) is 5.11 Å². The van der Waals surface area contributed by atoms with Crippen molar-refractivity contribution < 1.29 is 14.7 Å². The van der Waals surface area contributed by atoms with Crippen molar-refractivity contribution in [1.82, 2.24) is 5.32 Å². The average Bonchev–Trinajstić information content (AvgIpc) is 2.42. The molecule has 1 aromatic rings. The van der Waals surface area contributed by atoms with Gasteiger partial charge in [-0.25, -0.2) is 0 Å². The van der Waals surface area contributed by atoms with Crippen LogP contribution < -0.4 is 5.32 Å². The van der Waals surface area contributed by atoms with E-state index < -0.39 is 5.97 Å². The quantitative estimate of drug-likeness (QED) is 0.767. The van der Waals surface area contributed by atoms with Crippen LogP contribution in [0.1, 0.15) is 51.1 Å². The Kier molecular flexibility index (Phi) is 6.77. The second kappa shape index (κ2) is 8.35. The molecule has 4 heteroatoms. The molecule has 0 saturated heterocycles. The van der Waals surface area contributed by atoms with Crippen molar-refractivity contribution in [3.63, 3.8) is 0 Å². The van der Waals surface area contributed by atoms with Crippen molar-refractivity contribution in [3.8, 4) is 0 Å². The van der Waals surface area contributed by atoms with Gasteiger partial charge in [-0.3, -0.25) is 9.59 Å². The van der Waals surface area contributed by atoms with Crippen molar-refractivity contribution in [2.75, 3.05) is 0 Å². The fourth-order valence-electron chi connectivity index (χ4n) is 1.96. The van der Waals surface area contributed by atoms with Gasteiger partial charge in [0.1, 0.15) is 0 Å². The standard InChI is InChI=1S/C16H23NO3/c1-12(2)8-10-15(18)17-14(9-11-16(19)20)13-6-4-3-5-7-13/h3-7,12,14H,8-11H2,1-2H3,(H,17,18)(H,19,20). The van der Waals surface area contributed by atoms with Crippen LogP contribution in [0.4, 0.5) is 0 Å². The third kappa shape index (κ3) is 6.36. The predicted octanol–water partition coefficient (Wildman–Crippen LogP) is 3.14. The Balaban J connectivity index is 2.63. The first-order valence-corrected chi connectivity index (χ1v) is 7.05. The molecule has 4 nitrogen and oxygen atoms in total. The number of rotatable bonds is 8. The summed E-state index contributed by atoms with van der Waals surface area (Å²) in [6.45, 7) is 4.15. The minimum atomic E-state index is -0.845. The van der Waals surface area contributed by atoms with Gasteiger partial charge < -0.3 is 10.4 Å². The lowest BCUT2D eigenvalue weighted by Crippen LogP contribution is -2.29. The van der Waals surface area contributed by atoms with Crippen LogP contribution in [0.2, 0.25) is 0 Å². The van der Waals surface area contributed by atoms with E-state index in [1.165, 1.54) is 0 Å². The molecule has 1 unspecified atom stereocenters. The van der Waals surface area contributed by atoms with E-state index in [2.05, 4.69) is 19.2 Å². The van der Waals surface area contributed by atoms with E-state index in [1.807, 2.05) is 30.3 Å². The van der Waals surface area contributed by atoms with Gasteiger partial charge in [0.2, 0.25) is 5.91 Å². The van der Waals surface area contributed by atoms with Gasteiger partial charge in [-0.05, 0) is 24.3 Å². The Morgan fingerprint density at radius 1 is 1.10 bits per heavy atom. The van der Waals surface area contributed by atoms with E-state index >= 15 is 0 Å². The van der Waals surface area contributed by atoms with Crippen LogP contribution in [0.3, 0.4) is 0 Å². The lowest BCUT2D eigenvalue weighted by atomic mass is 10.0. The monoisotopic (exact) mass is 277 g/mol. The lowest BCUT2D eigenvalue weighted by Gasteiger charge is -2.19. The molecule has 1 amide bonds. The number of aliphatic carboxylic acids is 1. The Labute approximate surface area is 120 Å². The van der Waals surface area contributed by atoms with Gasteiger partial charge in [-0.1, -0.05) is 44.2 Å². The van der Waals surface area contributed by atoms with Crippen LogP contribution in [0.15, 0.2) is 30.3 Å². The van der Waals surface area contributed by atoms with Crippen LogP contribution in [0.5, 0.6) is 0 Å². The highest BCUT2D eigenvalue weighted by Crippen LogP contribution is 2.19. The van der Waals surface area contributed by atoms with Crippen molar-refractivity contribution in [1.29, 1.82) is 0 Å². The molecule has 0 bridgehead atoms. The van der Waals surface area contributed by atoms with Crippen molar-refractivity contribution in [2.24, 2.45) is 5.92 Å². The number of carbonyl (C=O) groups excluding carboxylic acids is 1. The Morgan fingerprint density at radius 2 is 1.75 bits per heavy atom. The first-order valence-electron chi connectivity index (χ1n) is 7.05. The van der Waals surface area contributed by atoms with E-state index in [1.54, 1.807) is 0 Å². The highest BCUT2D eigenvalue weighted by atomic mass is 16.4. The molecule has 0 aliphatic heterocycles. The maximum atomic E-state index is 11.9. The predicted molar refractivity (Wildman–Crippen MR) is 78.3 cm³/mol. The molecule has 0 fully saturated rings. The highest BCUT2D eigenvalue weighted by Gasteiger charge is 2.15. The summed E-state index contributed by atoms with van der Waals surface area (Å²) < 4.78 is 0. The molecule has 0 aliphatic carbocycles. The summed E-state index contributed by atoms with van der Waals surface area (Å²) in [5.41, 5.74) is 0.951. The molecule has 1 atom stereocenters. The first-order chi connectivity index (χ1) is 9.49. The zero-order valence-corrected chi connectivity index (χ0v) is 12.1. The summed E-state index contributed by atoms with van der Waals surface area (Å²) in [7, 11) is 0. The van der Waals surface area contributed by atoms with Gasteiger partial charge in [0.25, 0.3) is 0 Å². The van der Waals surface area contributed by atoms with E-state index in [9.17, 15) is 9.59 Å².